The van der Waals surface area contributed by atoms with Gasteiger partial charge in [0.2, 0.25) is 5.95 Å². The van der Waals surface area contributed by atoms with Gasteiger partial charge in [-0.25, -0.2) is 4.68 Å². The third-order valence-electron chi connectivity index (χ3n) is 4.31. The molecule has 0 bridgehead atoms. The Kier molecular flexibility index (Phi) is 7.25. The molecular weight excluding hydrogens is 377 g/mol. The Hall–Kier alpha value is -1.83. The van der Waals surface area contributed by atoms with Crippen molar-refractivity contribution in [3.63, 3.8) is 0 Å². The molecule has 1 fully saturated rings. The normalized spacial score (nSPS) is 14.6. The van der Waals surface area contributed by atoms with Gasteiger partial charge >= 0.3 is 0 Å². The lowest BCUT2D eigenvalue weighted by atomic mass is 9.98. The highest BCUT2D eigenvalue weighted by molar-refractivity contribution is 6.31. The third kappa shape index (κ3) is 4.87. The SMILES string of the molecule is Cc1c(Cl)cccc1OCC(=O)Nc1nc(C2CCNCC2)nn1C.Cl. The predicted molar refractivity (Wildman–Crippen MR) is 103 cm³/mol. The molecule has 2 N–H and O–H groups in total. The van der Waals surface area contributed by atoms with Crippen molar-refractivity contribution in [3.8, 4) is 5.75 Å². The van der Waals surface area contributed by atoms with Crippen LogP contribution in [0.4, 0.5) is 5.95 Å². The molecule has 0 aliphatic carbocycles. The molecule has 0 unspecified atom stereocenters. The number of hydrogen-bond acceptors (Lipinski definition) is 5. The van der Waals surface area contributed by atoms with Gasteiger partial charge in [-0.1, -0.05) is 17.7 Å². The number of aromatic nitrogens is 3. The van der Waals surface area contributed by atoms with Gasteiger partial charge in [0.05, 0.1) is 0 Å². The van der Waals surface area contributed by atoms with E-state index in [1.807, 2.05) is 6.92 Å². The molecule has 1 aromatic heterocycles. The molecule has 0 spiro atoms. The van der Waals surface area contributed by atoms with Crippen LogP contribution in [0.15, 0.2) is 18.2 Å². The summed E-state index contributed by atoms with van der Waals surface area (Å²) in [6.45, 7) is 3.68. The van der Waals surface area contributed by atoms with Crippen LogP contribution in [0.1, 0.15) is 30.1 Å². The van der Waals surface area contributed by atoms with E-state index < -0.39 is 0 Å². The van der Waals surface area contributed by atoms with Crippen LogP contribution in [0.25, 0.3) is 0 Å². The summed E-state index contributed by atoms with van der Waals surface area (Å²) in [7, 11) is 1.77. The van der Waals surface area contributed by atoms with Crippen LogP contribution in [0, 0.1) is 6.92 Å². The highest BCUT2D eigenvalue weighted by Gasteiger charge is 2.21. The minimum Gasteiger partial charge on any atom is -0.483 e. The van der Waals surface area contributed by atoms with E-state index in [1.165, 1.54) is 0 Å². The Morgan fingerprint density at radius 1 is 1.42 bits per heavy atom. The summed E-state index contributed by atoms with van der Waals surface area (Å²) >= 11 is 6.05. The van der Waals surface area contributed by atoms with Crippen molar-refractivity contribution in [1.82, 2.24) is 20.1 Å². The molecule has 1 amide bonds. The van der Waals surface area contributed by atoms with Gasteiger partial charge < -0.3 is 10.1 Å². The Morgan fingerprint density at radius 3 is 2.88 bits per heavy atom. The fraction of sp³-hybridized carbons (Fsp3) is 0.471. The van der Waals surface area contributed by atoms with Crippen molar-refractivity contribution in [2.24, 2.45) is 7.05 Å². The van der Waals surface area contributed by atoms with Crippen LogP contribution < -0.4 is 15.4 Å². The van der Waals surface area contributed by atoms with Crippen LogP contribution in [0.2, 0.25) is 5.02 Å². The average Bonchev–Trinajstić information content (AvgIpc) is 2.98. The topological polar surface area (TPSA) is 81.1 Å². The molecule has 1 aromatic carbocycles. The fourth-order valence-electron chi connectivity index (χ4n) is 2.81. The van der Waals surface area contributed by atoms with E-state index in [0.717, 1.165) is 37.3 Å². The summed E-state index contributed by atoms with van der Waals surface area (Å²) in [5, 5.41) is 11.1. The van der Waals surface area contributed by atoms with Gasteiger partial charge in [0, 0.05) is 23.6 Å². The number of amides is 1. The minimum atomic E-state index is -0.285. The summed E-state index contributed by atoms with van der Waals surface area (Å²) in [5.41, 5.74) is 0.809. The van der Waals surface area contributed by atoms with Crippen molar-refractivity contribution in [2.45, 2.75) is 25.7 Å². The number of anilines is 1. The third-order valence-corrected chi connectivity index (χ3v) is 4.72. The molecule has 1 aliphatic rings. The average molecular weight is 400 g/mol. The maximum atomic E-state index is 12.2. The molecular formula is C17H23Cl2N5O2. The highest BCUT2D eigenvalue weighted by Crippen LogP contribution is 2.25. The van der Waals surface area contributed by atoms with Crippen LogP contribution in [-0.4, -0.2) is 40.4 Å². The van der Waals surface area contributed by atoms with Gasteiger partial charge in [-0.2, -0.15) is 10.1 Å². The van der Waals surface area contributed by atoms with Gasteiger partial charge in [0.1, 0.15) is 5.75 Å². The van der Waals surface area contributed by atoms with E-state index in [2.05, 4.69) is 20.7 Å². The number of ether oxygens (including phenoxy) is 1. The van der Waals surface area contributed by atoms with Gasteiger partial charge in [-0.3, -0.25) is 10.1 Å². The quantitative estimate of drug-likeness (QED) is 0.807. The van der Waals surface area contributed by atoms with Crippen molar-refractivity contribution < 1.29 is 9.53 Å². The number of carbonyl (C=O) groups excluding carboxylic acids is 1. The number of nitrogens with zero attached hydrogens (tertiary/aromatic N) is 3. The number of rotatable bonds is 5. The summed E-state index contributed by atoms with van der Waals surface area (Å²) in [6, 6.07) is 5.36. The molecule has 1 aliphatic heterocycles. The molecule has 0 saturated carbocycles. The zero-order valence-corrected chi connectivity index (χ0v) is 16.4. The largest absolute Gasteiger partial charge is 0.483 e. The molecule has 3 rings (SSSR count). The predicted octanol–water partition coefficient (Wildman–Crippen LogP) is 2.68. The van der Waals surface area contributed by atoms with Gasteiger partial charge in [-0.05, 0) is 45.0 Å². The Bertz CT molecular complexity index is 760. The van der Waals surface area contributed by atoms with Crippen LogP contribution in [0.5, 0.6) is 5.75 Å². The number of piperidine rings is 1. The summed E-state index contributed by atoms with van der Waals surface area (Å²) in [5.74, 6) is 1.86. The van der Waals surface area contributed by atoms with E-state index in [4.69, 9.17) is 16.3 Å². The lowest BCUT2D eigenvalue weighted by molar-refractivity contribution is -0.118. The zero-order chi connectivity index (χ0) is 17.8. The van der Waals surface area contributed by atoms with E-state index in [1.54, 1.807) is 29.9 Å². The van der Waals surface area contributed by atoms with E-state index >= 15 is 0 Å². The van der Waals surface area contributed by atoms with Crippen LogP contribution >= 0.6 is 24.0 Å². The highest BCUT2D eigenvalue weighted by atomic mass is 35.5. The first-order valence-electron chi connectivity index (χ1n) is 8.34. The van der Waals surface area contributed by atoms with Crippen molar-refractivity contribution in [1.29, 1.82) is 0 Å². The standard InChI is InChI=1S/C17H22ClN5O2.ClH/c1-11-13(18)4-3-5-14(11)25-10-15(24)20-17-21-16(22-23(17)2)12-6-8-19-9-7-12;/h3-5,12,19H,6-10H2,1-2H3,(H,20,21,22,24);1H. The van der Waals surface area contributed by atoms with Gasteiger partial charge in [0.25, 0.3) is 5.91 Å². The second-order valence-corrected chi connectivity index (χ2v) is 6.55. The van der Waals surface area contributed by atoms with Crippen molar-refractivity contribution in [3.05, 3.63) is 34.6 Å². The first-order chi connectivity index (χ1) is 12.0. The minimum absolute atomic E-state index is 0. The van der Waals surface area contributed by atoms with Gasteiger partial charge in [0.15, 0.2) is 12.4 Å². The summed E-state index contributed by atoms with van der Waals surface area (Å²) in [4.78, 5) is 16.6. The second-order valence-electron chi connectivity index (χ2n) is 6.14. The zero-order valence-electron chi connectivity index (χ0n) is 14.8. The Morgan fingerprint density at radius 2 is 2.15 bits per heavy atom. The lowest BCUT2D eigenvalue weighted by Crippen LogP contribution is -2.27. The maximum absolute atomic E-state index is 12.2. The van der Waals surface area contributed by atoms with E-state index in [9.17, 15) is 4.79 Å². The number of halogens is 2. The number of nitrogens with one attached hydrogen (secondary N) is 2. The van der Waals surface area contributed by atoms with Crippen LogP contribution in [-0.2, 0) is 11.8 Å². The summed E-state index contributed by atoms with van der Waals surface area (Å²) in [6.07, 6.45) is 2.02. The molecule has 1 saturated heterocycles. The smallest absolute Gasteiger partial charge is 0.264 e. The first kappa shape index (κ1) is 20.5. The number of hydrogen-bond donors (Lipinski definition) is 2. The Balaban J connectivity index is 0.00000243. The molecule has 7 nitrogen and oxygen atoms in total. The maximum Gasteiger partial charge on any atom is 0.264 e. The molecule has 0 atom stereocenters. The molecule has 0 radical (unpaired) electrons. The van der Waals surface area contributed by atoms with E-state index in [0.29, 0.717) is 22.6 Å². The number of carbonyl (C=O) groups is 1. The number of benzene rings is 1. The fourth-order valence-corrected chi connectivity index (χ4v) is 2.98. The Labute approximate surface area is 163 Å². The molecule has 9 heteroatoms. The molecule has 2 aromatic rings. The van der Waals surface area contributed by atoms with E-state index in [-0.39, 0.29) is 24.9 Å². The summed E-state index contributed by atoms with van der Waals surface area (Å²) < 4.78 is 7.15. The second kappa shape index (κ2) is 9.21. The molecule has 2 heterocycles. The lowest BCUT2D eigenvalue weighted by Gasteiger charge is -2.19. The van der Waals surface area contributed by atoms with Crippen molar-refractivity contribution in [2.75, 3.05) is 25.0 Å². The molecule has 26 heavy (non-hydrogen) atoms. The van der Waals surface area contributed by atoms with Crippen molar-refractivity contribution >= 4 is 35.9 Å². The van der Waals surface area contributed by atoms with Crippen LogP contribution in [0.3, 0.4) is 0 Å². The first-order valence-corrected chi connectivity index (χ1v) is 8.72. The molecule has 142 valence electrons. The van der Waals surface area contributed by atoms with Gasteiger partial charge in [-0.15, -0.1) is 12.4 Å². The number of aryl methyl sites for hydroxylation is 1. The monoisotopic (exact) mass is 399 g/mol.